The van der Waals surface area contributed by atoms with E-state index in [0.29, 0.717) is 9.59 Å². The van der Waals surface area contributed by atoms with Crippen LogP contribution in [0.2, 0.25) is 5.02 Å². The molecule has 2 aromatic carbocycles. The molecule has 1 aliphatic heterocycles. The number of amides is 2. The number of nitrogens with one attached hydrogen (secondary N) is 1. The quantitative estimate of drug-likeness (QED) is 0.451. The van der Waals surface area contributed by atoms with E-state index in [1.54, 1.807) is 0 Å². The molecule has 2 heterocycles. The van der Waals surface area contributed by atoms with Crippen LogP contribution in [0.5, 0.6) is 5.75 Å². The first kappa shape index (κ1) is 27.1. The van der Waals surface area contributed by atoms with E-state index in [0.717, 1.165) is 29.6 Å². The van der Waals surface area contributed by atoms with Gasteiger partial charge >= 0.3 is 0 Å². The number of halogens is 5. The maximum Gasteiger partial charge on any atom is 0.277 e. The molecule has 0 unspecified atom stereocenters. The second-order valence-corrected chi connectivity index (χ2v) is 9.00. The van der Waals surface area contributed by atoms with Crippen LogP contribution in [0.15, 0.2) is 53.7 Å². The first-order valence-corrected chi connectivity index (χ1v) is 11.7. The van der Waals surface area contributed by atoms with Gasteiger partial charge in [-0.2, -0.15) is 0 Å². The minimum atomic E-state index is -2.88. The summed E-state index contributed by atoms with van der Waals surface area (Å²) in [5.41, 5.74) is -1.75. The summed E-state index contributed by atoms with van der Waals surface area (Å²) >= 11 is 5.87. The van der Waals surface area contributed by atoms with Crippen LogP contribution in [0.4, 0.5) is 23.2 Å². The van der Waals surface area contributed by atoms with Gasteiger partial charge in [0, 0.05) is 40.2 Å². The third-order valence-electron chi connectivity index (χ3n) is 6.28. The van der Waals surface area contributed by atoms with E-state index < -0.39 is 65.5 Å². The summed E-state index contributed by atoms with van der Waals surface area (Å²) < 4.78 is 61.9. The fourth-order valence-corrected chi connectivity index (χ4v) is 4.67. The smallest absolute Gasteiger partial charge is 0.277 e. The fourth-order valence-electron chi connectivity index (χ4n) is 4.55. The molecule has 0 spiro atoms. The second-order valence-electron chi connectivity index (χ2n) is 8.56. The number of carbonyl (C=O) groups is 2. The molecule has 3 aromatic rings. The highest BCUT2D eigenvalue weighted by Crippen LogP contribution is 2.40. The number of hydrogen-bond donors (Lipinski definition) is 1. The Morgan fingerprint density at radius 3 is 2.37 bits per heavy atom. The van der Waals surface area contributed by atoms with Crippen molar-refractivity contribution in [1.82, 2.24) is 14.9 Å². The summed E-state index contributed by atoms with van der Waals surface area (Å²) in [5.74, 6) is -5.14. The third-order valence-corrected chi connectivity index (χ3v) is 6.53. The maximum absolute atomic E-state index is 15.2. The van der Waals surface area contributed by atoms with E-state index in [4.69, 9.17) is 16.3 Å². The zero-order chi connectivity index (χ0) is 27.7. The van der Waals surface area contributed by atoms with Gasteiger partial charge in [-0.15, -0.1) is 0 Å². The van der Waals surface area contributed by atoms with Gasteiger partial charge in [-0.3, -0.25) is 19.0 Å². The molecule has 0 radical (unpaired) electrons. The van der Waals surface area contributed by atoms with Crippen LogP contribution in [0.25, 0.3) is 0 Å². The molecule has 0 aliphatic carbocycles. The Morgan fingerprint density at radius 1 is 1.16 bits per heavy atom. The van der Waals surface area contributed by atoms with E-state index in [1.807, 2.05) is 0 Å². The number of rotatable bonds is 7. The molecule has 200 valence electrons. The molecule has 2 amide bonds. The topological polar surface area (TPSA) is 93.5 Å². The SMILES string of the molecule is COc1cc(F)c([C@H]2[C@H](NC(=O)c3ccc(Cl)cc3)C(=O)N(c3cncn(CC(F)F)c3=O)[C@@H]2C)c(F)c1. The zero-order valence-corrected chi connectivity index (χ0v) is 20.8. The average Bonchev–Trinajstić information content (AvgIpc) is 3.09. The highest BCUT2D eigenvalue weighted by molar-refractivity contribution is 6.30. The number of benzene rings is 2. The summed E-state index contributed by atoms with van der Waals surface area (Å²) in [6.07, 6.45) is -0.985. The van der Waals surface area contributed by atoms with Crippen LogP contribution < -0.4 is 20.5 Å². The molecular formula is C25H21ClF4N4O4. The molecular weight excluding hydrogens is 532 g/mol. The van der Waals surface area contributed by atoms with Crippen molar-refractivity contribution in [3.05, 3.63) is 87.1 Å². The van der Waals surface area contributed by atoms with Gasteiger partial charge in [0.1, 0.15) is 29.1 Å². The molecule has 0 bridgehead atoms. The van der Waals surface area contributed by atoms with Crippen LogP contribution in [0.3, 0.4) is 0 Å². The van der Waals surface area contributed by atoms with Gasteiger partial charge < -0.3 is 15.0 Å². The first-order valence-electron chi connectivity index (χ1n) is 11.3. The average molecular weight is 553 g/mol. The van der Waals surface area contributed by atoms with E-state index in [9.17, 15) is 23.2 Å². The van der Waals surface area contributed by atoms with Crippen molar-refractivity contribution in [3.8, 4) is 5.75 Å². The Labute approximate surface area is 218 Å². The highest BCUT2D eigenvalue weighted by Gasteiger charge is 2.50. The minimum Gasteiger partial charge on any atom is -0.497 e. The number of aromatic nitrogens is 2. The van der Waals surface area contributed by atoms with E-state index in [2.05, 4.69) is 10.3 Å². The Kier molecular flexibility index (Phi) is 7.72. The molecule has 1 fully saturated rings. The summed E-state index contributed by atoms with van der Waals surface area (Å²) in [4.78, 5) is 44.3. The predicted molar refractivity (Wildman–Crippen MR) is 130 cm³/mol. The number of methoxy groups -OCH3 is 1. The largest absolute Gasteiger partial charge is 0.497 e. The monoisotopic (exact) mass is 552 g/mol. The predicted octanol–water partition coefficient (Wildman–Crippen LogP) is 3.77. The van der Waals surface area contributed by atoms with E-state index >= 15 is 8.78 Å². The van der Waals surface area contributed by atoms with E-state index in [1.165, 1.54) is 38.3 Å². The molecule has 1 aromatic heterocycles. The molecule has 4 rings (SSSR count). The molecule has 3 atom stereocenters. The number of alkyl halides is 2. The zero-order valence-electron chi connectivity index (χ0n) is 20.0. The molecule has 1 saturated heterocycles. The molecule has 1 N–H and O–H groups in total. The van der Waals surface area contributed by atoms with Gasteiger partial charge in [0.25, 0.3) is 23.8 Å². The van der Waals surface area contributed by atoms with Gasteiger partial charge in [-0.05, 0) is 31.2 Å². The van der Waals surface area contributed by atoms with Crippen molar-refractivity contribution >= 4 is 29.1 Å². The van der Waals surface area contributed by atoms with Gasteiger partial charge in [-0.25, -0.2) is 22.5 Å². The molecule has 13 heteroatoms. The number of anilines is 1. The Hall–Kier alpha value is -3.93. The summed E-state index contributed by atoms with van der Waals surface area (Å²) in [5, 5.41) is 2.86. The van der Waals surface area contributed by atoms with Crippen LogP contribution >= 0.6 is 11.6 Å². The Bertz CT molecular complexity index is 1410. The molecule has 38 heavy (non-hydrogen) atoms. The summed E-state index contributed by atoms with van der Waals surface area (Å²) in [6, 6.07) is 4.90. The van der Waals surface area contributed by atoms with Crippen molar-refractivity contribution in [2.45, 2.75) is 37.9 Å². The lowest BCUT2D eigenvalue weighted by atomic mass is 9.87. The lowest BCUT2D eigenvalue weighted by Gasteiger charge is -2.25. The van der Waals surface area contributed by atoms with Crippen LogP contribution in [-0.4, -0.2) is 47.0 Å². The number of ether oxygens (including phenoxy) is 1. The van der Waals surface area contributed by atoms with Crippen LogP contribution in [-0.2, 0) is 11.3 Å². The number of carbonyl (C=O) groups excluding carboxylic acids is 2. The first-order chi connectivity index (χ1) is 18.0. The third kappa shape index (κ3) is 5.08. The van der Waals surface area contributed by atoms with Crippen LogP contribution in [0, 0.1) is 11.6 Å². The van der Waals surface area contributed by atoms with Crippen molar-refractivity contribution in [3.63, 3.8) is 0 Å². The molecule has 1 aliphatic rings. The maximum atomic E-state index is 15.2. The van der Waals surface area contributed by atoms with Crippen molar-refractivity contribution < 1.29 is 31.9 Å². The van der Waals surface area contributed by atoms with Gasteiger partial charge in [-0.1, -0.05) is 11.6 Å². The minimum absolute atomic E-state index is 0.110. The fraction of sp³-hybridized carbons (Fsp3) is 0.280. The van der Waals surface area contributed by atoms with Gasteiger partial charge in [0.15, 0.2) is 0 Å². The molecule has 8 nitrogen and oxygen atoms in total. The van der Waals surface area contributed by atoms with Crippen molar-refractivity contribution in [2.75, 3.05) is 12.0 Å². The second kappa shape index (κ2) is 10.8. The Balaban J connectivity index is 1.82. The lowest BCUT2D eigenvalue weighted by molar-refractivity contribution is -0.118. The molecule has 0 saturated carbocycles. The normalized spacial score (nSPS) is 19.2. The highest BCUT2D eigenvalue weighted by atomic mass is 35.5. The van der Waals surface area contributed by atoms with Crippen molar-refractivity contribution in [2.24, 2.45) is 0 Å². The standard InChI is InChI=1S/C25H21ClF4N4O4/c1-12-20(21-16(27)7-15(38-2)8-17(21)28)22(32-23(35)13-3-5-14(26)6-4-13)25(37)34(12)18-9-31-11-33(24(18)36)10-19(29)30/h3-9,11-12,19-20,22H,10H2,1-2H3,(H,32,35)/t12-,20+,22+/m1/s1. The van der Waals surface area contributed by atoms with Gasteiger partial charge in [0.2, 0.25) is 0 Å². The van der Waals surface area contributed by atoms with Crippen LogP contribution in [0.1, 0.15) is 28.8 Å². The lowest BCUT2D eigenvalue weighted by Crippen LogP contribution is -2.45. The number of hydrogen-bond acceptors (Lipinski definition) is 5. The Morgan fingerprint density at radius 2 is 1.79 bits per heavy atom. The summed E-state index contributed by atoms with van der Waals surface area (Å²) in [6.45, 7) is 0.446. The van der Waals surface area contributed by atoms with Gasteiger partial charge in [0.05, 0.1) is 26.2 Å². The van der Waals surface area contributed by atoms with E-state index in [-0.39, 0.29) is 17.0 Å². The summed E-state index contributed by atoms with van der Waals surface area (Å²) in [7, 11) is 1.22. The number of nitrogens with zero attached hydrogens (tertiary/aromatic N) is 3. The van der Waals surface area contributed by atoms with Crippen molar-refractivity contribution in [1.29, 1.82) is 0 Å².